The second kappa shape index (κ2) is 6.61. The highest BCUT2D eigenvalue weighted by Crippen LogP contribution is 2.27. The Morgan fingerprint density at radius 2 is 2.00 bits per heavy atom. The highest BCUT2D eigenvalue weighted by molar-refractivity contribution is 7.93. The van der Waals surface area contributed by atoms with E-state index >= 15 is 0 Å². The van der Waals surface area contributed by atoms with Crippen LogP contribution in [0.1, 0.15) is 11.6 Å². The van der Waals surface area contributed by atoms with Gasteiger partial charge in [-0.15, -0.1) is 0 Å². The zero-order valence-corrected chi connectivity index (χ0v) is 13.7. The van der Waals surface area contributed by atoms with E-state index in [4.69, 9.17) is 4.74 Å². The van der Waals surface area contributed by atoms with E-state index in [1.165, 1.54) is 22.5 Å². The first-order chi connectivity index (χ1) is 10.2. The van der Waals surface area contributed by atoms with Crippen molar-refractivity contribution >= 4 is 19.9 Å². The van der Waals surface area contributed by atoms with Gasteiger partial charge in [0.2, 0.25) is 10.0 Å². The summed E-state index contributed by atoms with van der Waals surface area (Å²) >= 11 is 0. The topological polar surface area (TPSA) is 80.8 Å². The lowest BCUT2D eigenvalue weighted by Gasteiger charge is -2.34. The van der Waals surface area contributed by atoms with Crippen molar-refractivity contribution in [3.63, 3.8) is 0 Å². The Morgan fingerprint density at radius 1 is 1.27 bits per heavy atom. The Bertz CT molecular complexity index is 733. The molecule has 1 unspecified atom stereocenters. The van der Waals surface area contributed by atoms with E-state index in [-0.39, 0.29) is 19.8 Å². The molecule has 0 amide bonds. The van der Waals surface area contributed by atoms with Crippen LogP contribution in [0.15, 0.2) is 24.3 Å². The average molecular weight is 351 g/mol. The lowest BCUT2D eigenvalue weighted by molar-refractivity contribution is 0.0321. The molecule has 6 nitrogen and oxygen atoms in total. The normalized spacial score (nSPS) is 20.9. The van der Waals surface area contributed by atoms with Gasteiger partial charge in [-0.25, -0.2) is 21.2 Å². The summed E-state index contributed by atoms with van der Waals surface area (Å²) in [5.41, 5.74) is 0.489. The molecule has 0 radical (unpaired) electrons. The first-order valence-corrected chi connectivity index (χ1v) is 10.4. The Kier molecular flexibility index (Phi) is 5.21. The van der Waals surface area contributed by atoms with Gasteiger partial charge in [-0.2, -0.15) is 4.31 Å². The maximum absolute atomic E-state index is 13.4. The number of halogens is 1. The lowest BCUT2D eigenvalue weighted by atomic mass is 10.1. The van der Waals surface area contributed by atoms with Crippen molar-refractivity contribution < 1.29 is 26.0 Å². The van der Waals surface area contributed by atoms with E-state index in [0.29, 0.717) is 5.56 Å². The molecular formula is C13H18FNO5S2. The molecule has 0 spiro atoms. The van der Waals surface area contributed by atoms with Crippen molar-refractivity contribution in [2.24, 2.45) is 0 Å². The standard InChI is InChI=1S/C13H18FNO5S2/c1-21(16,17)7-8-22(18,19)15-5-6-20-10-13(15)11-3-2-4-12(14)9-11/h2-4,9,13H,5-8,10H2,1H3. The largest absolute Gasteiger partial charge is 0.378 e. The van der Waals surface area contributed by atoms with Gasteiger partial charge in [0, 0.05) is 12.8 Å². The zero-order valence-electron chi connectivity index (χ0n) is 12.1. The van der Waals surface area contributed by atoms with Crippen LogP contribution in [0.5, 0.6) is 0 Å². The fraction of sp³-hybridized carbons (Fsp3) is 0.538. The van der Waals surface area contributed by atoms with Crippen LogP contribution < -0.4 is 0 Å². The second-order valence-electron chi connectivity index (χ2n) is 5.20. The zero-order chi connectivity index (χ0) is 16.4. The first-order valence-electron chi connectivity index (χ1n) is 6.69. The number of hydrogen-bond acceptors (Lipinski definition) is 5. The van der Waals surface area contributed by atoms with E-state index in [1.54, 1.807) is 6.07 Å². The third-order valence-electron chi connectivity index (χ3n) is 3.38. The first kappa shape index (κ1) is 17.3. The average Bonchev–Trinajstić information content (AvgIpc) is 2.45. The van der Waals surface area contributed by atoms with Crippen LogP contribution in [-0.2, 0) is 24.6 Å². The third-order valence-corrected chi connectivity index (χ3v) is 6.46. The minimum Gasteiger partial charge on any atom is -0.378 e. The van der Waals surface area contributed by atoms with Crippen molar-refractivity contribution in [3.05, 3.63) is 35.6 Å². The number of hydrogen-bond donors (Lipinski definition) is 0. The van der Waals surface area contributed by atoms with Crippen LogP contribution in [0.2, 0.25) is 0 Å². The second-order valence-corrected chi connectivity index (χ2v) is 9.50. The SMILES string of the molecule is CS(=O)(=O)CCS(=O)(=O)N1CCOCC1c1cccc(F)c1. The molecule has 1 aromatic carbocycles. The lowest BCUT2D eigenvalue weighted by Crippen LogP contribution is -2.45. The number of sulfonamides is 1. The minimum atomic E-state index is -3.77. The summed E-state index contributed by atoms with van der Waals surface area (Å²) in [6.45, 7) is 0.457. The molecule has 1 atom stereocenters. The van der Waals surface area contributed by atoms with Crippen molar-refractivity contribution in [2.45, 2.75) is 6.04 Å². The molecule has 0 aromatic heterocycles. The number of ether oxygens (including phenoxy) is 1. The van der Waals surface area contributed by atoms with E-state index < -0.39 is 43.2 Å². The molecule has 2 rings (SSSR count). The summed E-state index contributed by atoms with van der Waals surface area (Å²) in [5, 5.41) is 0. The van der Waals surface area contributed by atoms with Gasteiger partial charge in [-0.1, -0.05) is 12.1 Å². The highest BCUT2D eigenvalue weighted by Gasteiger charge is 2.34. The molecule has 22 heavy (non-hydrogen) atoms. The number of benzene rings is 1. The Morgan fingerprint density at radius 3 is 2.64 bits per heavy atom. The van der Waals surface area contributed by atoms with Crippen LogP contribution in [-0.4, -0.2) is 58.7 Å². The van der Waals surface area contributed by atoms with Crippen LogP contribution in [0.3, 0.4) is 0 Å². The highest BCUT2D eigenvalue weighted by atomic mass is 32.2. The third kappa shape index (κ3) is 4.48. The molecule has 0 aliphatic carbocycles. The molecule has 0 N–H and O–H groups in total. The number of nitrogens with zero attached hydrogens (tertiary/aromatic N) is 1. The maximum Gasteiger partial charge on any atom is 0.215 e. The molecule has 0 bridgehead atoms. The monoisotopic (exact) mass is 351 g/mol. The van der Waals surface area contributed by atoms with Gasteiger partial charge in [-0.05, 0) is 17.7 Å². The van der Waals surface area contributed by atoms with Gasteiger partial charge >= 0.3 is 0 Å². The fourth-order valence-corrected chi connectivity index (χ4v) is 5.48. The molecule has 0 saturated carbocycles. The summed E-state index contributed by atoms with van der Waals surface area (Å²) < 4.78 is 67.1. The Balaban J connectivity index is 2.26. The number of sulfone groups is 1. The van der Waals surface area contributed by atoms with Crippen molar-refractivity contribution in [2.75, 3.05) is 37.5 Å². The molecule has 1 aliphatic rings. The minimum absolute atomic E-state index is 0.113. The predicted octanol–water partition coefficient (Wildman–Crippen LogP) is 0.573. The van der Waals surface area contributed by atoms with Gasteiger partial charge in [0.25, 0.3) is 0 Å². The number of morpholine rings is 1. The summed E-state index contributed by atoms with van der Waals surface area (Å²) in [5.74, 6) is -1.39. The Labute approximate surface area is 129 Å². The number of rotatable bonds is 5. The van der Waals surface area contributed by atoms with Gasteiger partial charge < -0.3 is 4.74 Å². The smallest absolute Gasteiger partial charge is 0.215 e. The van der Waals surface area contributed by atoms with E-state index in [1.807, 2.05) is 0 Å². The molecule has 1 aliphatic heterocycles. The molecule has 1 saturated heterocycles. The van der Waals surface area contributed by atoms with Gasteiger partial charge in [0.05, 0.1) is 30.8 Å². The molecule has 1 heterocycles. The molecule has 124 valence electrons. The van der Waals surface area contributed by atoms with Crippen molar-refractivity contribution in [1.29, 1.82) is 0 Å². The molecule has 9 heteroatoms. The summed E-state index contributed by atoms with van der Waals surface area (Å²) in [6.07, 6.45) is 0.992. The summed E-state index contributed by atoms with van der Waals surface area (Å²) in [4.78, 5) is 0. The molecule has 1 fully saturated rings. The van der Waals surface area contributed by atoms with Crippen LogP contribution in [0.25, 0.3) is 0 Å². The van der Waals surface area contributed by atoms with Crippen LogP contribution in [0, 0.1) is 5.82 Å². The van der Waals surface area contributed by atoms with Gasteiger partial charge in [0.1, 0.15) is 15.7 Å². The maximum atomic E-state index is 13.4. The van der Waals surface area contributed by atoms with E-state index in [2.05, 4.69) is 0 Å². The fourth-order valence-electron chi connectivity index (χ4n) is 2.27. The van der Waals surface area contributed by atoms with Crippen molar-refractivity contribution in [3.8, 4) is 0 Å². The molecule has 1 aromatic rings. The van der Waals surface area contributed by atoms with E-state index in [9.17, 15) is 21.2 Å². The predicted molar refractivity (Wildman–Crippen MR) is 80.2 cm³/mol. The Hall–Kier alpha value is -1.03. The summed E-state index contributed by atoms with van der Waals surface area (Å²) in [6, 6.07) is 5.02. The van der Waals surface area contributed by atoms with Gasteiger partial charge in [-0.3, -0.25) is 0 Å². The van der Waals surface area contributed by atoms with Gasteiger partial charge in [0.15, 0.2) is 0 Å². The molecular weight excluding hydrogens is 333 g/mol. The van der Waals surface area contributed by atoms with E-state index in [0.717, 1.165) is 6.26 Å². The quantitative estimate of drug-likeness (QED) is 0.775. The summed E-state index contributed by atoms with van der Waals surface area (Å²) in [7, 11) is -7.16. The van der Waals surface area contributed by atoms with Crippen molar-refractivity contribution in [1.82, 2.24) is 4.31 Å². The van der Waals surface area contributed by atoms with Crippen LogP contribution in [0.4, 0.5) is 4.39 Å². The van der Waals surface area contributed by atoms with Crippen LogP contribution >= 0.6 is 0 Å².